The molecule has 3 aromatic rings. The molecule has 0 unspecified atom stereocenters. The number of benzene rings is 2. The molecular formula is C13H7Cl2NOS. The van der Waals surface area contributed by atoms with E-state index in [1.165, 1.54) is 11.5 Å². The lowest BCUT2D eigenvalue weighted by Crippen LogP contribution is -2.10. The van der Waals surface area contributed by atoms with Gasteiger partial charge in [-0.2, -0.15) is 0 Å². The smallest absolute Gasteiger partial charge is 0.267 e. The first-order chi connectivity index (χ1) is 8.66. The van der Waals surface area contributed by atoms with Crippen molar-refractivity contribution >= 4 is 44.8 Å². The number of fused-ring (bicyclic) bond motifs is 1. The molecule has 1 heterocycles. The maximum Gasteiger partial charge on any atom is 0.273 e. The Bertz CT molecular complexity index is 791. The third kappa shape index (κ3) is 1.85. The molecule has 0 spiro atoms. The summed E-state index contributed by atoms with van der Waals surface area (Å²) in [6.07, 6.45) is 0. The average molecular weight is 296 g/mol. The topological polar surface area (TPSA) is 22.0 Å². The Hall–Kier alpha value is -1.29. The first-order valence-electron chi connectivity index (χ1n) is 5.23. The van der Waals surface area contributed by atoms with E-state index in [0.29, 0.717) is 15.4 Å². The number of aromatic nitrogens is 1. The maximum absolute atomic E-state index is 12.2. The molecule has 0 radical (unpaired) electrons. The number of hydrogen-bond acceptors (Lipinski definition) is 2. The molecule has 0 bridgehead atoms. The summed E-state index contributed by atoms with van der Waals surface area (Å²) in [6, 6.07) is 12.7. The van der Waals surface area contributed by atoms with Crippen LogP contribution in [-0.2, 0) is 0 Å². The standard InChI is InChI=1S/C13H7Cl2NOS/c14-10-6-5-8(7-11(10)15)16-13(17)9-3-1-2-4-12(9)18-16/h1-7H. The van der Waals surface area contributed by atoms with Gasteiger partial charge in [-0.05, 0) is 30.3 Å². The van der Waals surface area contributed by atoms with Crippen LogP contribution in [0.2, 0.25) is 10.0 Å². The molecule has 0 N–H and O–H groups in total. The molecule has 0 atom stereocenters. The Morgan fingerprint density at radius 2 is 1.78 bits per heavy atom. The minimum absolute atomic E-state index is 0.0333. The fraction of sp³-hybridized carbons (Fsp3) is 0. The van der Waals surface area contributed by atoms with Crippen LogP contribution in [0.4, 0.5) is 0 Å². The van der Waals surface area contributed by atoms with Crippen molar-refractivity contribution in [2.24, 2.45) is 0 Å². The van der Waals surface area contributed by atoms with Gasteiger partial charge < -0.3 is 0 Å². The minimum Gasteiger partial charge on any atom is -0.267 e. The van der Waals surface area contributed by atoms with Gasteiger partial charge in [0.1, 0.15) is 0 Å². The Kier molecular flexibility index (Phi) is 2.90. The summed E-state index contributed by atoms with van der Waals surface area (Å²) < 4.78 is 2.57. The Balaban J connectivity index is 2.28. The fourth-order valence-electron chi connectivity index (χ4n) is 1.75. The van der Waals surface area contributed by atoms with E-state index in [2.05, 4.69) is 0 Å². The van der Waals surface area contributed by atoms with Crippen LogP contribution in [-0.4, -0.2) is 3.96 Å². The normalized spacial score (nSPS) is 11.0. The van der Waals surface area contributed by atoms with E-state index in [9.17, 15) is 4.79 Å². The lowest BCUT2D eigenvalue weighted by molar-refractivity contribution is 1.14. The predicted octanol–water partition coefficient (Wildman–Crippen LogP) is 4.36. The van der Waals surface area contributed by atoms with Gasteiger partial charge >= 0.3 is 0 Å². The molecule has 0 saturated carbocycles. The summed E-state index contributed by atoms with van der Waals surface area (Å²) in [7, 11) is 0. The van der Waals surface area contributed by atoms with Crippen LogP contribution in [0.3, 0.4) is 0 Å². The summed E-state index contributed by atoms with van der Waals surface area (Å²) in [6.45, 7) is 0. The molecule has 1 aromatic heterocycles. The van der Waals surface area contributed by atoms with Gasteiger partial charge in [0, 0.05) is 0 Å². The quantitative estimate of drug-likeness (QED) is 0.654. The van der Waals surface area contributed by atoms with E-state index in [4.69, 9.17) is 23.2 Å². The van der Waals surface area contributed by atoms with Crippen molar-refractivity contribution in [3.8, 4) is 5.69 Å². The van der Waals surface area contributed by atoms with E-state index in [-0.39, 0.29) is 5.56 Å². The molecular weight excluding hydrogens is 289 g/mol. The fourth-order valence-corrected chi connectivity index (χ4v) is 3.04. The van der Waals surface area contributed by atoms with E-state index in [0.717, 1.165) is 10.4 Å². The second-order valence-corrected chi connectivity index (χ2v) is 5.59. The van der Waals surface area contributed by atoms with E-state index >= 15 is 0 Å². The Morgan fingerprint density at radius 3 is 2.50 bits per heavy atom. The Labute approximate surface area is 117 Å². The molecule has 3 rings (SSSR count). The van der Waals surface area contributed by atoms with Crippen LogP contribution in [0.5, 0.6) is 0 Å². The molecule has 0 aliphatic carbocycles. The van der Waals surface area contributed by atoms with Gasteiger partial charge in [0.15, 0.2) is 0 Å². The first kappa shape index (κ1) is 11.8. The molecule has 90 valence electrons. The average Bonchev–Trinajstić information content (AvgIpc) is 2.71. The van der Waals surface area contributed by atoms with Crippen molar-refractivity contribution in [3.05, 3.63) is 62.9 Å². The van der Waals surface area contributed by atoms with Gasteiger partial charge in [0.05, 0.1) is 25.8 Å². The van der Waals surface area contributed by atoms with Gasteiger partial charge in [0.2, 0.25) is 0 Å². The van der Waals surface area contributed by atoms with Crippen LogP contribution >= 0.6 is 34.7 Å². The van der Waals surface area contributed by atoms with Crippen LogP contribution in [0.15, 0.2) is 47.3 Å². The number of hydrogen-bond donors (Lipinski definition) is 0. The molecule has 0 fully saturated rings. The molecule has 0 amide bonds. The summed E-state index contributed by atoms with van der Waals surface area (Å²) in [5, 5.41) is 1.64. The molecule has 2 aromatic carbocycles. The van der Waals surface area contributed by atoms with Crippen molar-refractivity contribution in [2.75, 3.05) is 0 Å². The number of nitrogens with zero attached hydrogens (tertiary/aromatic N) is 1. The SMILES string of the molecule is O=c1c2ccccc2sn1-c1ccc(Cl)c(Cl)c1. The van der Waals surface area contributed by atoms with Crippen molar-refractivity contribution < 1.29 is 0 Å². The summed E-state index contributed by atoms with van der Waals surface area (Å²) in [5.74, 6) is 0. The van der Waals surface area contributed by atoms with Crippen LogP contribution in [0, 0.1) is 0 Å². The largest absolute Gasteiger partial charge is 0.273 e. The van der Waals surface area contributed by atoms with E-state index in [1.54, 1.807) is 22.2 Å². The lowest BCUT2D eigenvalue weighted by atomic mass is 10.3. The zero-order valence-electron chi connectivity index (χ0n) is 9.06. The number of halogens is 2. The van der Waals surface area contributed by atoms with E-state index < -0.39 is 0 Å². The highest BCUT2D eigenvalue weighted by atomic mass is 35.5. The highest BCUT2D eigenvalue weighted by Gasteiger charge is 2.09. The lowest BCUT2D eigenvalue weighted by Gasteiger charge is -2.01. The summed E-state index contributed by atoms with van der Waals surface area (Å²) >= 11 is 13.2. The monoisotopic (exact) mass is 295 g/mol. The predicted molar refractivity (Wildman–Crippen MR) is 77.4 cm³/mol. The molecule has 0 saturated heterocycles. The molecule has 2 nitrogen and oxygen atoms in total. The Morgan fingerprint density at radius 1 is 1.00 bits per heavy atom. The highest BCUT2D eigenvalue weighted by molar-refractivity contribution is 7.14. The van der Waals surface area contributed by atoms with Crippen molar-refractivity contribution in [1.82, 2.24) is 3.96 Å². The minimum atomic E-state index is -0.0333. The first-order valence-corrected chi connectivity index (χ1v) is 6.76. The third-order valence-electron chi connectivity index (χ3n) is 2.63. The molecule has 5 heteroatoms. The summed E-state index contributed by atoms with van der Waals surface area (Å²) in [5.41, 5.74) is 0.699. The second-order valence-electron chi connectivity index (χ2n) is 3.79. The van der Waals surface area contributed by atoms with Gasteiger partial charge in [-0.15, -0.1) is 0 Å². The van der Waals surface area contributed by atoms with Crippen molar-refractivity contribution in [2.45, 2.75) is 0 Å². The van der Waals surface area contributed by atoms with Crippen LogP contribution in [0.1, 0.15) is 0 Å². The van der Waals surface area contributed by atoms with E-state index in [1.807, 2.05) is 24.3 Å². The number of rotatable bonds is 1. The molecule has 0 aliphatic heterocycles. The second kappa shape index (κ2) is 4.43. The van der Waals surface area contributed by atoms with Gasteiger partial charge in [0.25, 0.3) is 5.56 Å². The summed E-state index contributed by atoms with van der Waals surface area (Å²) in [4.78, 5) is 12.2. The van der Waals surface area contributed by atoms with Gasteiger partial charge in [-0.25, -0.2) is 3.96 Å². The highest BCUT2D eigenvalue weighted by Crippen LogP contribution is 2.26. The maximum atomic E-state index is 12.2. The molecule has 0 aliphatic rings. The van der Waals surface area contributed by atoms with Gasteiger partial charge in [-0.1, -0.05) is 46.9 Å². The van der Waals surface area contributed by atoms with Gasteiger partial charge in [-0.3, -0.25) is 4.79 Å². The zero-order chi connectivity index (χ0) is 12.7. The van der Waals surface area contributed by atoms with Crippen LogP contribution < -0.4 is 5.56 Å². The van der Waals surface area contributed by atoms with Crippen molar-refractivity contribution in [1.29, 1.82) is 0 Å². The van der Waals surface area contributed by atoms with Crippen molar-refractivity contribution in [3.63, 3.8) is 0 Å². The third-order valence-corrected chi connectivity index (χ3v) is 4.48. The van der Waals surface area contributed by atoms with Crippen LogP contribution in [0.25, 0.3) is 15.8 Å². The zero-order valence-corrected chi connectivity index (χ0v) is 11.4. The molecule has 18 heavy (non-hydrogen) atoms.